The molecule has 406 valence electrons. The standard InChI is InChI=1S/C26H26O3.C22H26O4.C17H23NO4/c1-4-19(2)21-8-10-22(11-9-21)23-12-16-25(17-13-23)29-26(27)18-7-20-5-14-24(28-3)15-6-20;1-4-17(2)19-8-12-21(13-9-19)25-15-16-26-22(23)14-7-18-5-10-20(24-3)11-6-18;1-4-13(2)17(20)18-11-12-22-16(19)10-7-14-5-8-15(21-3)9-6-14/h5-19H,4H2,1-3H3;5-14,17H,4,15-16H2,1-3H3;5-10,13H,4,11-12H2,1-3H3,(H,18,20)/b18-7+;14-7+;10-7+. The molecule has 0 radical (unpaired) electrons. The van der Waals surface area contributed by atoms with Crippen molar-refractivity contribution in [3.05, 3.63) is 192 Å². The molecule has 0 aliphatic heterocycles. The summed E-state index contributed by atoms with van der Waals surface area (Å²) in [6.07, 6.45) is 12.3. The first kappa shape index (κ1) is 61.2. The predicted molar refractivity (Wildman–Crippen MR) is 307 cm³/mol. The van der Waals surface area contributed by atoms with Crippen LogP contribution >= 0.6 is 0 Å². The number of carbonyl (C=O) groups excluding carboxylic acids is 4. The molecule has 0 spiro atoms. The van der Waals surface area contributed by atoms with Crippen LogP contribution in [0.3, 0.4) is 0 Å². The summed E-state index contributed by atoms with van der Waals surface area (Å²) in [6, 6.07) is 46.4. The van der Waals surface area contributed by atoms with E-state index in [-0.39, 0.29) is 25.0 Å². The molecule has 0 aliphatic carbocycles. The molecule has 1 amide bonds. The third-order valence-electron chi connectivity index (χ3n) is 12.4. The molecule has 0 saturated carbocycles. The lowest BCUT2D eigenvalue weighted by atomic mass is 9.96. The molecule has 0 fully saturated rings. The Labute approximate surface area is 455 Å². The van der Waals surface area contributed by atoms with Gasteiger partial charge in [0.1, 0.15) is 48.6 Å². The number of hydrogen-bond acceptors (Lipinski definition) is 11. The second kappa shape index (κ2) is 34.2. The van der Waals surface area contributed by atoms with Crippen molar-refractivity contribution in [1.82, 2.24) is 5.32 Å². The third-order valence-corrected chi connectivity index (χ3v) is 12.4. The topological polar surface area (TPSA) is 145 Å². The van der Waals surface area contributed by atoms with Gasteiger partial charge in [-0.25, -0.2) is 14.4 Å². The average molecular weight is 1050 g/mol. The van der Waals surface area contributed by atoms with Gasteiger partial charge in [0.15, 0.2) is 0 Å². The van der Waals surface area contributed by atoms with Crippen LogP contribution in [0.25, 0.3) is 29.4 Å². The van der Waals surface area contributed by atoms with Gasteiger partial charge in [-0.3, -0.25) is 4.79 Å². The van der Waals surface area contributed by atoms with Gasteiger partial charge in [-0.15, -0.1) is 0 Å². The Hall–Kier alpha value is -8.38. The highest BCUT2D eigenvalue weighted by atomic mass is 16.6. The van der Waals surface area contributed by atoms with E-state index in [0.717, 1.165) is 70.1 Å². The van der Waals surface area contributed by atoms with Crippen molar-refractivity contribution in [2.45, 2.75) is 72.6 Å². The van der Waals surface area contributed by atoms with Gasteiger partial charge < -0.3 is 38.5 Å². The molecule has 0 aromatic heterocycles. The lowest BCUT2D eigenvalue weighted by Gasteiger charge is -2.10. The Morgan fingerprint density at radius 3 is 1.19 bits per heavy atom. The maximum atomic E-state index is 12.1. The molecule has 1 N–H and O–H groups in total. The number of nitrogens with one attached hydrogen (secondary N) is 1. The van der Waals surface area contributed by atoms with Crippen LogP contribution in [0.5, 0.6) is 28.7 Å². The molecule has 6 aromatic carbocycles. The van der Waals surface area contributed by atoms with Crippen molar-refractivity contribution in [1.29, 1.82) is 0 Å². The minimum absolute atomic E-state index is 0.0210. The lowest BCUT2D eigenvalue weighted by molar-refractivity contribution is -0.139. The third kappa shape index (κ3) is 23.0. The van der Waals surface area contributed by atoms with E-state index in [4.69, 9.17) is 33.2 Å². The van der Waals surface area contributed by atoms with E-state index in [1.807, 2.05) is 123 Å². The lowest BCUT2D eigenvalue weighted by Crippen LogP contribution is -2.32. The van der Waals surface area contributed by atoms with Crippen molar-refractivity contribution in [3.63, 3.8) is 0 Å². The van der Waals surface area contributed by atoms with Gasteiger partial charge in [0.25, 0.3) is 0 Å². The van der Waals surface area contributed by atoms with Crippen molar-refractivity contribution < 1.29 is 52.3 Å². The molecule has 0 saturated heterocycles. The van der Waals surface area contributed by atoms with Gasteiger partial charge >= 0.3 is 17.9 Å². The van der Waals surface area contributed by atoms with Crippen molar-refractivity contribution in [3.8, 4) is 39.9 Å². The monoisotopic (exact) mass is 1050 g/mol. The fourth-order valence-electron chi connectivity index (χ4n) is 6.96. The van der Waals surface area contributed by atoms with Crippen LogP contribution in [-0.2, 0) is 28.7 Å². The summed E-state index contributed by atoms with van der Waals surface area (Å²) in [4.78, 5) is 46.8. The van der Waals surface area contributed by atoms with Crippen LogP contribution in [0.15, 0.2) is 164 Å². The van der Waals surface area contributed by atoms with Crippen LogP contribution in [0.4, 0.5) is 0 Å². The highest BCUT2D eigenvalue weighted by Gasteiger charge is 2.10. The van der Waals surface area contributed by atoms with E-state index >= 15 is 0 Å². The summed E-state index contributed by atoms with van der Waals surface area (Å²) in [5.74, 6) is 3.44. The van der Waals surface area contributed by atoms with Gasteiger partial charge in [0.05, 0.1) is 27.9 Å². The number of rotatable bonds is 24. The summed E-state index contributed by atoms with van der Waals surface area (Å²) in [5.41, 5.74) is 7.58. The summed E-state index contributed by atoms with van der Waals surface area (Å²) in [6.45, 7) is 13.6. The molecule has 0 bridgehead atoms. The number of amides is 1. The van der Waals surface area contributed by atoms with E-state index in [1.165, 1.54) is 29.4 Å². The Morgan fingerprint density at radius 2 is 0.792 bits per heavy atom. The molecule has 0 heterocycles. The van der Waals surface area contributed by atoms with Crippen molar-refractivity contribution in [2.75, 3.05) is 47.7 Å². The highest BCUT2D eigenvalue weighted by Crippen LogP contribution is 2.27. The van der Waals surface area contributed by atoms with Gasteiger partial charge in [-0.1, -0.05) is 126 Å². The quantitative estimate of drug-likeness (QED) is 0.0268. The van der Waals surface area contributed by atoms with E-state index in [0.29, 0.717) is 30.7 Å². The summed E-state index contributed by atoms with van der Waals surface area (Å²) < 4.78 is 36.4. The Morgan fingerprint density at radius 1 is 0.429 bits per heavy atom. The van der Waals surface area contributed by atoms with Gasteiger partial charge in [0.2, 0.25) is 5.91 Å². The normalized spacial score (nSPS) is 12.0. The van der Waals surface area contributed by atoms with E-state index in [2.05, 4.69) is 69.4 Å². The van der Waals surface area contributed by atoms with Crippen LogP contribution < -0.4 is 29.0 Å². The van der Waals surface area contributed by atoms with E-state index in [9.17, 15) is 19.2 Å². The fourth-order valence-corrected chi connectivity index (χ4v) is 6.96. The number of esters is 3. The zero-order valence-corrected chi connectivity index (χ0v) is 46.0. The maximum absolute atomic E-state index is 12.1. The molecule has 3 atom stereocenters. The molecule has 12 heteroatoms. The van der Waals surface area contributed by atoms with E-state index < -0.39 is 17.9 Å². The average Bonchev–Trinajstić information content (AvgIpc) is 3.48. The highest BCUT2D eigenvalue weighted by molar-refractivity contribution is 5.89. The molecular formula is C65H75NO11. The van der Waals surface area contributed by atoms with Crippen molar-refractivity contribution >= 4 is 42.0 Å². The second-order valence-electron chi connectivity index (χ2n) is 17.9. The number of methoxy groups -OCH3 is 3. The smallest absolute Gasteiger partial charge is 0.336 e. The van der Waals surface area contributed by atoms with Gasteiger partial charge in [-0.2, -0.15) is 0 Å². The Kier molecular flexibility index (Phi) is 27.2. The fraction of sp³-hybridized carbons (Fsp3) is 0.292. The number of carbonyl (C=O) groups is 4. The summed E-state index contributed by atoms with van der Waals surface area (Å²) in [7, 11) is 4.84. The first-order chi connectivity index (χ1) is 37.3. The summed E-state index contributed by atoms with van der Waals surface area (Å²) in [5, 5.41) is 2.72. The molecule has 77 heavy (non-hydrogen) atoms. The van der Waals surface area contributed by atoms with Gasteiger partial charge in [-0.05, 0) is 149 Å². The first-order valence-electron chi connectivity index (χ1n) is 26.0. The first-order valence-corrected chi connectivity index (χ1v) is 26.0. The van der Waals surface area contributed by atoms with Crippen LogP contribution in [-0.4, -0.2) is 71.5 Å². The SMILES string of the molecule is CCC(C)C(=O)NCCOC(=O)/C=C/c1ccc(OC)cc1.CCC(C)c1ccc(-c2ccc(OC(=O)/C=C/c3ccc(OC)cc3)cc2)cc1.CCC(C)c1ccc(OCCOC(=O)/C=C/c2ccc(OC)cc2)cc1. The number of ether oxygens (including phenoxy) is 7. The molecule has 6 aromatic rings. The van der Waals surface area contributed by atoms with Crippen LogP contribution in [0.1, 0.15) is 100 Å². The molecule has 3 unspecified atom stereocenters. The predicted octanol–water partition coefficient (Wildman–Crippen LogP) is 13.8. The van der Waals surface area contributed by atoms with Crippen LogP contribution in [0.2, 0.25) is 0 Å². The second-order valence-corrected chi connectivity index (χ2v) is 17.9. The summed E-state index contributed by atoms with van der Waals surface area (Å²) >= 11 is 0. The number of benzene rings is 6. The largest absolute Gasteiger partial charge is 0.497 e. The molecule has 12 nitrogen and oxygen atoms in total. The van der Waals surface area contributed by atoms with Gasteiger partial charge in [0, 0.05) is 24.1 Å². The van der Waals surface area contributed by atoms with Crippen molar-refractivity contribution in [2.24, 2.45) is 5.92 Å². The Balaban J connectivity index is 0.000000252. The van der Waals surface area contributed by atoms with E-state index in [1.54, 1.807) is 39.6 Å². The zero-order valence-electron chi connectivity index (χ0n) is 46.0. The number of hydrogen-bond donors (Lipinski definition) is 1. The minimum Gasteiger partial charge on any atom is -0.497 e. The molecular weight excluding hydrogens is 971 g/mol. The minimum atomic E-state index is -0.436. The molecule has 0 aliphatic rings. The van der Waals surface area contributed by atoms with Crippen LogP contribution in [0, 0.1) is 5.92 Å². The zero-order chi connectivity index (χ0) is 55.8. The maximum Gasteiger partial charge on any atom is 0.336 e. The Bertz CT molecular complexity index is 2760. The molecule has 6 rings (SSSR count).